The fourth-order valence-electron chi connectivity index (χ4n) is 3.60. The van der Waals surface area contributed by atoms with Crippen molar-refractivity contribution in [2.45, 2.75) is 39.3 Å². The normalized spacial score (nSPS) is 12.9. The number of fused-ring (bicyclic) bond motifs is 1. The summed E-state index contributed by atoms with van der Waals surface area (Å²) in [6, 6.07) is 3.02. The van der Waals surface area contributed by atoms with Crippen LogP contribution in [-0.2, 0) is 5.54 Å². The van der Waals surface area contributed by atoms with Crippen molar-refractivity contribution in [1.82, 2.24) is 29.5 Å². The summed E-state index contributed by atoms with van der Waals surface area (Å²) in [4.78, 5) is 21.1. The van der Waals surface area contributed by atoms with E-state index in [4.69, 9.17) is 11.5 Å². The second kappa shape index (κ2) is 7.29. The lowest BCUT2D eigenvalue weighted by Gasteiger charge is -2.23. The van der Waals surface area contributed by atoms with Gasteiger partial charge in [-0.25, -0.2) is 23.7 Å². The average molecular weight is 438 g/mol. The number of halogens is 1. The Kier molecular flexibility index (Phi) is 4.83. The summed E-state index contributed by atoms with van der Waals surface area (Å²) in [5.74, 6) is -0.753. The van der Waals surface area contributed by atoms with Crippen molar-refractivity contribution in [2.75, 3.05) is 11.5 Å². The van der Waals surface area contributed by atoms with Crippen molar-refractivity contribution in [2.24, 2.45) is 0 Å². The Morgan fingerprint density at radius 3 is 2.53 bits per heavy atom. The topological polar surface area (TPSA) is 151 Å². The third kappa shape index (κ3) is 3.41. The second-order valence-corrected chi connectivity index (χ2v) is 8.53. The molecule has 1 aromatic carbocycles. The smallest absolute Gasteiger partial charge is 0.290 e. The quantitative estimate of drug-likeness (QED) is 0.441. The summed E-state index contributed by atoms with van der Waals surface area (Å²) in [5.41, 5.74) is 12.8. The molecule has 3 aromatic heterocycles. The maximum absolute atomic E-state index is 14.0. The Bertz CT molecular complexity index is 1380. The Balaban J connectivity index is 1.94. The molecule has 0 bridgehead atoms. The van der Waals surface area contributed by atoms with Crippen LogP contribution >= 0.6 is 0 Å². The van der Waals surface area contributed by atoms with Gasteiger partial charge in [-0.1, -0.05) is 0 Å². The number of benzene rings is 1. The summed E-state index contributed by atoms with van der Waals surface area (Å²) in [7, 11) is 0. The SMILES string of the molecule is C[C@@H](c1cnn(C(C)(C)C)c(=O)c1N)n1nc(-c2cc(O)cc(F)c2)c2c(N)ncnc21. The summed E-state index contributed by atoms with van der Waals surface area (Å²) in [6.07, 6.45) is 2.81. The highest BCUT2D eigenvalue weighted by molar-refractivity contribution is 5.98. The number of aromatic nitrogens is 6. The monoisotopic (exact) mass is 438 g/mol. The number of aromatic hydroxyl groups is 1. The molecule has 10 nitrogen and oxygen atoms in total. The van der Waals surface area contributed by atoms with Gasteiger partial charge in [-0.15, -0.1) is 0 Å². The maximum atomic E-state index is 14.0. The molecule has 0 aliphatic heterocycles. The highest BCUT2D eigenvalue weighted by Gasteiger charge is 2.25. The molecule has 11 heteroatoms. The van der Waals surface area contributed by atoms with Crippen LogP contribution in [0, 0.1) is 5.82 Å². The molecule has 0 radical (unpaired) electrons. The van der Waals surface area contributed by atoms with Gasteiger partial charge < -0.3 is 16.6 Å². The van der Waals surface area contributed by atoms with Crippen LogP contribution in [0.5, 0.6) is 5.75 Å². The average Bonchev–Trinajstić information content (AvgIpc) is 3.09. The van der Waals surface area contributed by atoms with Crippen LogP contribution in [0.2, 0.25) is 0 Å². The summed E-state index contributed by atoms with van der Waals surface area (Å²) < 4.78 is 16.8. The van der Waals surface area contributed by atoms with E-state index in [9.17, 15) is 14.3 Å². The predicted molar refractivity (Wildman–Crippen MR) is 119 cm³/mol. The van der Waals surface area contributed by atoms with E-state index >= 15 is 0 Å². The van der Waals surface area contributed by atoms with Crippen LogP contribution in [0.4, 0.5) is 15.9 Å². The van der Waals surface area contributed by atoms with Gasteiger partial charge >= 0.3 is 0 Å². The number of hydrogen-bond acceptors (Lipinski definition) is 8. The Hall–Kier alpha value is -4.02. The molecule has 0 aliphatic carbocycles. The van der Waals surface area contributed by atoms with Gasteiger partial charge in [-0.3, -0.25) is 4.79 Å². The second-order valence-electron chi connectivity index (χ2n) is 8.53. The third-order valence-corrected chi connectivity index (χ3v) is 5.17. The van der Waals surface area contributed by atoms with Crippen LogP contribution in [0.15, 0.2) is 35.5 Å². The molecule has 0 unspecified atom stereocenters. The number of phenols is 1. The van der Waals surface area contributed by atoms with Crippen LogP contribution in [0.1, 0.15) is 39.3 Å². The van der Waals surface area contributed by atoms with Crippen LogP contribution in [-0.4, -0.2) is 34.6 Å². The Labute approximate surface area is 182 Å². The Morgan fingerprint density at radius 1 is 1.16 bits per heavy atom. The summed E-state index contributed by atoms with van der Waals surface area (Å²) in [6.45, 7) is 7.34. The minimum atomic E-state index is -0.634. The first kappa shape index (κ1) is 21.2. The molecular formula is C21H23FN8O2. The molecule has 4 aromatic rings. The van der Waals surface area contributed by atoms with Gasteiger partial charge in [0.1, 0.15) is 35.1 Å². The van der Waals surface area contributed by atoms with Gasteiger partial charge in [0.05, 0.1) is 23.2 Å². The van der Waals surface area contributed by atoms with Crippen LogP contribution in [0.3, 0.4) is 0 Å². The van der Waals surface area contributed by atoms with Crippen LogP contribution < -0.4 is 17.0 Å². The first-order chi connectivity index (χ1) is 15.0. The Morgan fingerprint density at radius 2 is 1.88 bits per heavy atom. The molecule has 4 rings (SSSR count). The molecule has 1 atom stereocenters. The maximum Gasteiger partial charge on any atom is 0.290 e. The highest BCUT2D eigenvalue weighted by atomic mass is 19.1. The highest BCUT2D eigenvalue weighted by Crippen LogP contribution is 2.35. The lowest BCUT2D eigenvalue weighted by Crippen LogP contribution is -2.38. The van der Waals surface area contributed by atoms with E-state index in [1.165, 1.54) is 34.0 Å². The van der Waals surface area contributed by atoms with Gasteiger partial charge in [0.15, 0.2) is 5.65 Å². The largest absolute Gasteiger partial charge is 0.508 e. The fourth-order valence-corrected chi connectivity index (χ4v) is 3.60. The standard InChI is InChI=1S/C21H23FN8O2/c1-10(14-8-27-30(21(2,3)4)20(32)16(14)23)29-19-15(18(24)25-9-26-19)17(28-29)11-5-12(22)7-13(31)6-11/h5-10,31H,23H2,1-4H3,(H2,24,25,26)/t10-/m0/s1. The van der Waals surface area contributed by atoms with Crippen molar-refractivity contribution in [3.05, 3.63) is 52.5 Å². The van der Waals surface area contributed by atoms with Crippen molar-refractivity contribution in [3.63, 3.8) is 0 Å². The van der Waals surface area contributed by atoms with Gasteiger partial charge in [0.2, 0.25) is 0 Å². The molecule has 32 heavy (non-hydrogen) atoms. The zero-order valence-electron chi connectivity index (χ0n) is 18.0. The van der Waals surface area contributed by atoms with Gasteiger partial charge in [-0.2, -0.15) is 10.2 Å². The number of anilines is 2. The lowest BCUT2D eigenvalue weighted by atomic mass is 10.1. The van der Waals surface area contributed by atoms with Crippen molar-refractivity contribution in [1.29, 1.82) is 0 Å². The number of nitrogen functional groups attached to an aromatic ring is 2. The molecule has 0 saturated heterocycles. The predicted octanol–water partition coefficient (Wildman–Crippen LogP) is 2.42. The number of phenolic OH excluding ortho intramolecular Hbond substituents is 1. The summed E-state index contributed by atoms with van der Waals surface area (Å²) >= 11 is 0. The number of rotatable bonds is 3. The minimum Gasteiger partial charge on any atom is -0.508 e. The molecule has 0 saturated carbocycles. The number of hydrogen-bond donors (Lipinski definition) is 3. The molecule has 166 valence electrons. The minimum absolute atomic E-state index is 0.0399. The fraction of sp³-hybridized carbons (Fsp3) is 0.286. The zero-order chi connectivity index (χ0) is 23.4. The first-order valence-electron chi connectivity index (χ1n) is 9.86. The zero-order valence-corrected chi connectivity index (χ0v) is 18.0. The lowest BCUT2D eigenvalue weighted by molar-refractivity contribution is 0.337. The molecule has 0 amide bonds. The van der Waals surface area contributed by atoms with E-state index in [-0.39, 0.29) is 22.9 Å². The van der Waals surface area contributed by atoms with Gasteiger partial charge in [-0.05, 0) is 39.8 Å². The molecule has 0 aliphatic rings. The molecule has 5 N–H and O–H groups in total. The molecular weight excluding hydrogens is 415 g/mol. The van der Waals surface area contributed by atoms with Crippen molar-refractivity contribution >= 4 is 22.5 Å². The van der Waals surface area contributed by atoms with E-state index in [0.717, 1.165) is 6.07 Å². The van der Waals surface area contributed by atoms with E-state index in [0.29, 0.717) is 22.2 Å². The van der Waals surface area contributed by atoms with Gasteiger partial charge in [0, 0.05) is 17.2 Å². The number of nitrogens with two attached hydrogens (primary N) is 2. The van der Waals surface area contributed by atoms with Gasteiger partial charge in [0.25, 0.3) is 5.56 Å². The van der Waals surface area contributed by atoms with Crippen LogP contribution in [0.25, 0.3) is 22.3 Å². The van der Waals surface area contributed by atoms with E-state index in [1.807, 2.05) is 20.8 Å². The third-order valence-electron chi connectivity index (χ3n) is 5.17. The molecule has 0 spiro atoms. The van der Waals surface area contributed by atoms with Crippen molar-refractivity contribution in [3.8, 4) is 17.0 Å². The van der Waals surface area contributed by atoms with Crippen molar-refractivity contribution < 1.29 is 9.50 Å². The molecule has 0 fully saturated rings. The summed E-state index contributed by atoms with van der Waals surface area (Å²) in [5, 5.41) is 19.1. The number of nitrogens with zero attached hydrogens (tertiary/aromatic N) is 6. The molecule has 3 heterocycles. The van der Waals surface area contributed by atoms with E-state index in [2.05, 4.69) is 20.2 Å². The van der Waals surface area contributed by atoms with E-state index in [1.54, 1.807) is 6.92 Å². The van der Waals surface area contributed by atoms with E-state index < -0.39 is 23.0 Å². The first-order valence-corrected chi connectivity index (χ1v) is 9.86.